The Labute approximate surface area is 164 Å². The lowest BCUT2D eigenvalue weighted by Gasteiger charge is -2.36. The van der Waals surface area contributed by atoms with Gasteiger partial charge in [0.15, 0.2) is 0 Å². The molecule has 1 aliphatic carbocycles. The van der Waals surface area contributed by atoms with Crippen molar-refractivity contribution in [3.8, 4) is 0 Å². The molecule has 4 heteroatoms. The Morgan fingerprint density at radius 1 is 1.04 bits per heavy atom. The summed E-state index contributed by atoms with van der Waals surface area (Å²) in [6, 6.07) is 6.64. The lowest BCUT2D eigenvalue weighted by atomic mass is 9.92. The van der Waals surface area contributed by atoms with E-state index in [2.05, 4.69) is 34.2 Å². The van der Waals surface area contributed by atoms with E-state index in [0.717, 1.165) is 37.4 Å². The van der Waals surface area contributed by atoms with Crippen LogP contribution in [-0.4, -0.2) is 49.6 Å². The van der Waals surface area contributed by atoms with Gasteiger partial charge in [-0.15, -0.1) is 0 Å². The standard InChI is InChI=1S/C23H35N3O/c1-18-17-20(23(27)24-21-6-7-21)5-8-22(18)26-15-10-19(11-16-26)9-14-25-12-3-2-4-13-25/h5,8,17,19,21H,2-4,6-7,9-16H2,1H3,(H,24,27). The van der Waals surface area contributed by atoms with Crippen LogP contribution >= 0.6 is 0 Å². The van der Waals surface area contributed by atoms with Crippen molar-refractivity contribution in [2.24, 2.45) is 5.92 Å². The molecule has 2 aliphatic heterocycles. The van der Waals surface area contributed by atoms with Crippen LogP contribution in [0.25, 0.3) is 0 Å². The van der Waals surface area contributed by atoms with E-state index in [9.17, 15) is 4.79 Å². The molecule has 1 aromatic carbocycles. The summed E-state index contributed by atoms with van der Waals surface area (Å²) in [4.78, 5) is 17.4. The molecule has 0 aromatic heterocycles. The first kappa shape index (κ1) is 18.8. The molecule has 0 spiro atoms. The van der Waals surface area contributed by atoms with E-state index < -0.39 is 0 Å². The van der Waals surface area contributed by atoms with E-state index in [1.165, 1.54) is 69.4 Å². The van der Waals surface area contributed by atoms with Gasteiger partial charge in [-0.05, 0) is 101 Å². The number of likely N-dealkylation sites (tertiary alicyclic amines) is 1. The van der Waals surface area contributed by atoms with Crippen molar-refractivity contribution in [2.45, 2.75) is 64.3 Å². The number of nitrogens with one attached hydrogen (secondary N) is 1. The van der Waals surface area contributed by atoms with Gasteiger partial charge in [0.1, 0.15) is 0 Å². The number of hydrogen-bond acceptors (Lipinski definition) is 3. The number of nitrogens with zero attached hydrogens (tertiary/aromatic N) is 2. The van der Waals surface area contributed by atoms with Crippen molar-refractivity contribution in [3.63, 3.8) is 0 Å². The van der Waals surface area contributed by atoms with Gasteiger partial charge >= 0.3 is 0 Å². The average molecular weight is 370 g/mol. The molecule has 27 heavy (non-hydrogen) atoms. The highest BCUT2D eigenvalue weighted by molar-refractivity contribution is 5.95. The summed E-state index contributed by atoms with van der Waals surface area (Å²) in [5.41, 5.74) is 3.34. The smallest absolute Gasteiger partial charge is 0.251 e. The fraction of sp³-hybridized carbons (Fsp3) is 0.696. The van der Waals surface area contributed by atoms with Crippen LogP contribution in [0.1, 0.15) is 67.3 Å². The number of aryl methyl sites for hydroxylation is 1. The minimum Gasteiger partial charge on any atom is -0.371 e. The number of anilines is 1. The molecule has 4 nitrogen and oxygen atoms in total. The quantitative estimate of drug-likeness (QED) is 0.824. The van der Waals surface area contributed by atoms with Gasteiger partial charge in [0.2, 0.25) is 0 Å². The highest BCUT2D eigenvalue weighted by Crippen LogP contribution is 2.29. The molecule has 0 unspecified atom stereocenters. The Morgan fingerprint density at radius 3 is 2.44 bits per heavy atom. The number of amides is 1. The van der Waals surface area contributed by atoms with E-state index in [-0.39, 0.29) is 5.91 Å². The van der Waals surface area contributed by atoms with Crippen LogP contribution in [0.3, 0.4) is 0 Å². The maximum atomic E-state index is 12.3. The summed E-state index contributed by atoms with van der Waals surface area (Å²) >= 11 is 0. The zero-order chi connectivity index (χ0) is 18.6. The third-order valence-electron chi connectivity index (χ3n) is 6.63. The van der Waals surface area contributed by atoms with Gasteiger partial charge in [-0.25, -0.2) is 0 Å². The van der Waals surface area contributed by atoms with Gasteiger partial charge in [0, 0.05) is 30.4 Å². The molecular weight excluding hydrogens is 334 g/mol. The Morgan fingerprint density at radius 2 is 1.78 bits per heavy atom. The molecule has 1 saturated carbocycles. The predicted octanol–water partition coefficient (Wildman–Crippen LogP) is 3.98. The van der Waals surface area contributed by atoms with Gasteiger partial charge in [-0.3, -0.25) is 4.79 Å². The van der Waals surface area contributed by atoms with Crippen molar-refractivity contribution < 1.29 is 4.79 Å². The SMILES string of the molecule is Cc1cc(C(=O)NC2CC2)ccc1N1CCC(CCN2CCCCC2)CC1. The second-order valence-electron chi connectivity index (χ2n) is 8.87. The molecule has 1 aromatic rings. The third kappa shape index (κ3) is 5.04. The molecule has 3 fully saturated rings. The summed E-state index contributed by atoms with van der Waals surface area (Å²) in [6.45, 7) is 8.38. The van der Waals surface area contributed by atoms with Crippen molar-refractivity contribution in [1.29, 1.82) is 0 Å². The second kappa shape index (κ2) is 8.64. The molecule has 0 radical (unpaired) electrons. The third-order valence-corrected chi connectivity index (χ3v) is 6.63. The van der Waals surface area contributed by atoms with Crippen LogP contribution in [-0.2, 0) is 0 Å². The monoisotopic (exact) mass is 369 g/mol. The van der Waals surface area contributed by atoms with Crippen molar-refractivity contribution >= 4 is 11.6 Å². The lowest BCUT2D eigenvalue weighted by Crippen LogP contribution is -2.36. The first-order chi connectivity index (χ1) is 13.2. The van der Waals surface area contributed by atoms with E-state index >= 15 is 0 Å². The molecule has 148 valence electrons. The van der Waals surface area contributed by atoms with Crippen LogP contribution in [0.15, 0.2) is 18.2 Å². The Balaban J connectivity index is 1.26. The van der Waals surface area contributed by atoms with Crippen LogP contribution < -0.4 is 10.2 Å². The molecule has 4 rings (SSSR count). The largest absolute Gasteiger partial charge is 0.371 e. The summed E-state index contributed by atoms with van der Waals surface area (Å²) in [5, 5.41) is 3.09. The van der Waals surface area contributed by atoms with Crippen LogP contribution in [0.4, 0.5) is 5.69 Å². The number of carbonyl (C=O) groups is 1. The van der Waals surface area contributed by atoms with E-state index in [0.29, 0.717) is 6.04 Å². The normalized spacial score (nSPS) is 22.0. The number of hydrogen-bond donors (Lipinski definition) is 1. The fourth-order valence-electron chi connectivity index (χ4n) is 4.66. The van der Waals surface area contributed by atoms with Crippen molar-refractivity contribution in [3.05, 3.63) is 29.3 Å². The fourth-order valence-corrected chi connectivity index (χ4v) is 4.66. The number of rotatable bonds is 6. The van der Waals surface area contributed by atoms with Gasteiger partial charge < -0.3 is 15.1 Å². The maximum absolute atomic E-state index is 12.3. The first-order valence-corrected chi connectivity index (χ1v) is 11.1. The van der Waals surface area contributed by atoms with Gasteiger partial charge in [0.25, 0.3) is 5.91 Å². The molecule has 1 amide bonds. The molecule has 2 heterocycles. The van der Waals surface area contributed by atoms with E-state index in [1.807, 2.05) is 6.07 Å². The Kier molecular flexibility index (Phi) is 6.01. The lowest BCUT2D eigenvalue weighted by molar-refractivity contribution is 0.0951. The predicted molar refractivity (Wildman–Crippen MR) is 112 cm³/mol. The van der Waals surface area contributed by atoms with E-state index in [1.54, 1.807) is 0 Å². The van der Waals surface area contributed by atoms with Gasteiger partial charge in [-0.1, -0.05) is 6.42 Å². The highest BCUT2D eigenvalue weighted by Gasteiger charge is 2.25. The maximum Gasteiger partial charge on any atom is 0.251 e. The van der Waals surface area contributed by atoms with Crippen LogP contribution in [0, 0.1) is 12.8 Å². The molecule has 3 aliphatic rings. The van der Waals surface area contributed by atoms with Crippen molar-refractivity contribution in [1.82, 2.24) is 10.2 Å². The highest BCUT2D eigenvalue weighted by atomic mass is 16.1. The molecule has 1 N–H and O–H groups in total. The zero-order valence-electron chi connectivity index (χ0n) is 16.9. The van der Waals surface area contributed by atoms with Gasteiger partial charge in [-0.2, -0.15) is 0 Å². The first-order valence-electron chi connectivity index (χ1n) is 11.1. The van der Waals surface area contributed by atoms with Crippen molar-refractivity contribution in [2.75, 3.05) is 37.6 Å². The number of piperidine rings is 2. The average Bonchev–Trinajstić information content (AvgIpc) is 3.51. The summed E-state index contributed by atoms with van der Waals surface area (Å²) in [7, 11) is 0. The summed E-state index contributed by atoms with van der Waals surface area (Å²) in [6.07, 6.45) is 10.5. The van der Waals surface area contributed by atoms with Crippen LogP contribution in [0.2, 0.25) is 0 Å². The Bertz CT molecular complexity index is 641. The minimum absolute atomic E-state index is 0.0866. The summed E-state index contributed by atoms with van der Waals surface area (Å²) < 4.78 is 0. The second-order valence-corrected chi connectivity index (χ2v) is 8.87. The van der Waals surface area contributed by atoms with Crippen LogP contribution in [0.5, 0.6) is 0 Å². The summed E-state index contributed by atoms with van der Waals surface area (Å²) in [5.74, 6) is 0.968. The molecule has 0 bridgehead atoms. The Hall–Kier alpha value is -1.55. The van der Waals surface area contributed by atoms with E-state index in [4.69, 9.17) is 0 Å². The van der Waals surface area contributed by atoms with Gasteiger partial charge in [0.05, 0.1) is 0 Å². The molecule has 0 atom stereocenters. The zero-order valence-corrected chi connectivity index (χ0v) is 16.9. The number of benzene rings is 1. The minimum atomic E-state index is 0.0866. The number of carbonyl (C=O) groups excluding carboxylic acids is 1. The molecule has 2 saturated heterocycles. The topological polar surface area (TPSA) is 35.6 Å². The molecular formula is C23H35N3O.